The summed E-state index contributed by atoms with van der Waals surface area (Å²) in [6, 6.07) is 45.6. The first kappa shape index (κ1) is 101. The van der Waals surface area contributed by atoms with E-state index in [1.54, 1.807) is 178 Å². The number of amides is 2. The Balaban J connectivity index is 0.000000232. The van der Waals surface area contributed by atoms with Gasteiger partial charge in [-0.2, -0.15) is 0 Å². The normalized spacial score (nSPS) is 29.7. The second-order valence-electron chi connectivity index (χ2n) is 37.5. The number of aldehydes is 1. The lowest BCUT2D eigenvalue weighted by Gasteiger charge is -2.67. The molecule has 137 heavy (non-hydrogen) atoms. The van der Waals surface area contributed by atoms with Crippen LogP contribution in [0.4, 0.5) is 0 Å². The van der Waals surface area contributed by atoms with Crippen molar-refractivity contribution in [2.24, 2.45) is 33.5 Å². The van der Waals surface area contributed by atoms with Crippen LogP contribution in [0, 0.1) is 33.5 Å². The Morgan fingerprint density at radius 3 is 1.23 bits per heavy atom. The van der Waals surface area contributed by atoms with Gasteiger partial charge >= 0.3 is 59.7 Å². The Morgan fingerprint density at radius 2 is 0.847 bits per heavy atom. The Labute approximate surface area is 790 Å². The minimum atomic E-state index is -2.46. The summed E-state index contributed by atoms with van der Waals surface area (Å²) in [6.45, 7) is 17.9. The molecular formula is C104H114N2O31. The number of carbonyl (C=O) groups is 15. The number of hydrogen-bond donors (Lipinski definition) is 6. The van der Waals surface area contributed by atoms with Gasteiger partial charge in [0, 0.05) is 94.6 Å². The molecule has 0 aromatic heterocycles. The minimum Gasteiger partial charge on any atom is -0.455 e. The van der Waals surface area contributed by atoms with Gasteiger partial charge in [-0.05, 0) is 122 Å². The molecule has 33 nitrogen and oxygen atoms in total. The predicted octanol–water partition coefficient (Wildman–Crippen LogP) is 9.91. The fraction of sp³-hybridized carbons (Fsp3) is 0.452. The number of esters is 10. The van der Waals surface area contributed by atoms with E-state index < -0.39 is 237 Å². The number of nitrogens with one attached hydrogen (secondary N) is 2. The number of ether oxygens (including phenoxy) is 12. The van der Waals surface area contributed by atoms with Crippen molar-refractivity contribution in [3.63, 3.8) is 0 Å². The zero-order valence-corrected chi connectivity index (χ0v) is 77.8. The number of allylic oxidation sites excluding steroid dienone is 1. The van der Waals surface area contributed by atoms with Crippen LogP contribution in [-0.4, -0.2) is 219 Å². The lowest BCUT2D eigenvalue weighted by Crippen LogP contribution is -2.82. The molecule has 22 atom stereocenters. The molecule has 6 aromatic rings. The maximum Gasteiger partial charge on any atom is 0.350 e. The zero-order valence-electron chi connectivity index (χ0n) is 77.8. The summed E-state index contributed by atoms with van der Waals surface area (Å²) in [5, 5.41) is 57.6. The molecular weight excluding hydrogens is 1770 g/mol. The predicted molar refractivity (Wildman–Crippen MR) is 482 cm³/mol. The molecule has 14 rings (SSSR count). The molecule has 2 heterocycles. The van der Waals surface area contributed by atoms with Crippen LogP contribution >= 0.6 is 0 Å². The average Bonchev–Trinajstić information content (AvgIpc) is 0.666. The van der Waals surface area contributed by atoms with E-state index in [-0.39, 0.29) is 90.7 Å². The van der Waals surface area contributed by atoms with Crippen LogP contribution in [0.3, 0.4) is 0 Å². The highest BCUT2D eigenvalue weighted by molar-refractivity contribution is 5.99. The van der Waals surface area contributed by atoms with Crippen molar-refractivity contribution in [3.05, 3.63) is 251 Å². The molecule has 0 radical (unpaired) electrons. The lowest BCUT2D eigenvalue weighted by atomic mass is 9.44. The maximum absolute atomic E-state index is 15.7. The first-order valence-corrected chi connectivity index (χ1v) is 45.5. The van der Waals surface area contributed by atoms with Crippen LogP contribution in [-0.2, 0) is 110 Å². The summed E-state index contributed by atoms with van der Waals surface area (Å²) in [7, 11) is 0. The quantitative estimate of drug-likeness (QED) is 0.00802. The summed E-state index contributed by atoms with van der Waals surface area (Å²) in [6.07, 6.45) is -17.3. The van der Waals surface area contributed by atoms with Crippen LogP contribution in [0.5, 0.6) is 0 Å². The van der Waals surface area contributed by atoms with Gasteiger partial charge in [-0.1, -0.05) is 167 Å². The van der Waals surface area contributed by atoms with E-state index in [1.165, 1.54) is 65.0 Å². The second kappa shape index (κ2) is 41.1. The van der Waals surface area contributed by atoms with Gasteiger partial charge in [0.2, 0.25) is 12.2 Å². The van der Waals surface area contributed by atoms with Gasteiger partial charge < -0.3 is 92.7 Å². The van der Waals surface area contributed by atoms with Crippen LogP contribution in [0.1, 0.15) is 205 Å². The van der Waals surface area contributed by atoms with E-state index in [4.69, 9.17) is 56.8 Å². The topological polar surface area (TPSA) is 472 Å². The van der Waals surface area contributed by atoms with E-state index >= 15 is 14.4 Å². The fourth-order valence-corrected chi connectivity index (χ4v) is 21.2. The monoisotopic (exact) mass is 1890 g/mol. The summed E-state index contributed by atoms with van der Waals surface area (Å²) in [5.41, 5.74) is -14.9. The Hall–Kier alpha value is -13.1. The molecule has 6 aromatic carbocycles. The highest BCUT2D eigenvalue weighted by Crippen LogP contribution is 2.67. The van der Waals surface area contributed by atoms with Crippen LogP contribution in [0.25, 0.3) is 0 Å². The van der Waals surface area contributed by atoms with Gasteiger partial charge in [0.1, 0.15) is 66.2 Å². The molecule has 2 amide bonds. The van der Waals surface area contributed by atoms with Crippen LogP contribution in [0.2, 0.25) is 0 Å². The largest absolute Gasteiger partial charge is 0.455 e. The van der Waals surface area contributed by atoms with Crippen molar-refractivity contribution in [1.29, 1.82) is 0 Å². The van der Waals surface area contributed by atoms with E-state index in [0.717, 1.165) is 27.7 Å². The van der Waals surface area contributed by atoms with E-state index in [2.05, 4.69) is 17.2 Å². The van der Waals surface area contributed by atoms with Crippen LogP contribution in [0.15, 0.2) is 217 Å². The number of fused-ring (bicyclic) bond motifs is 10. The van der Waals surface area contributed by atoms with Crippen molar-refractivity contribution in [1.82, 2.24) is 10.6 Å². The summed E-state index contributed by atoms with van der Waals surface area (Å²) >= 11 is 0. The summed E-state index contributed by atoms with van der Waals surface area (Å²) in [4.78, 5) is 208. The standard InChI is InChI=1S/C52H57NO16.C52H57NO15/c1-29-35(66-48(62)42(67-38(58)24-16-17-25-54)40(32-18-10-7-11-19-32)53-46(60)33-20-12-8-13-21-33)27-52(63)45(68-47(61)34-22-14-9-15-23-34)43-50(6,36(57)26-37-51(43,28-64-37)69-31(3)56)44(59)41(65-30(2)55)39(29)49(52,4)5;1-7-8-12-25-39(57)66-42(40(32-19-13-9-14-20-32)53-46(59)33-21-15-10-16-22-33)48(61)65-35-26-36-41(64-30(2)54)44(58)50(6)37(56)27-38-51(29-63-38,68-31(3)55)43(50)45(52(62,28-35)49(36,4)5)67-47(60)34-23-17-11-18-24-34/h7-15,18-23,25,35-37,40-43,45,57,63H,16-17,24,26-28H2,1-6H3,(H,53,60);7,9-11,13-24,26,35,37-38,40-43,45,56,62H,1,8,12,25,27-29H2,2-6H3,(H,53,59)/t35-,36-,37+,40-,41+,42+,43-,45-,50+,51-,52+;35-,37+,38-,40+,41-,42-,43+,45+,50-,51+,52-/m01/s1. The number of benzene rings is 6. The Bertz CT molecular complexity index is 5650. The maximum atomic E-state index is 15.7. The molecule has 0 spiro atoms. The number of ketones is 2. The van der Waals surface area contributed by atoms with Crippen molar-refractivity contribution in [2.75, 3.05) is 13.2 Å². The van der Waals surface area contributed by atoms with E-state index in [9.17, 15) is 78.0 Å². The molecule has 6 fully saturated rings. The lowest BCUT2D eigenvalue weighted by molar-refractivity contribution is -0.346. The summed E-state index contributed by atoms with van der Waals surface area (Å²) < 4.78 is 73.0. The smallest absolute Gasteiger partial charge is 0.350 e. The fourth-order valence-electron chi connectivity index (χ4n) is 21.2. The second-order valence-corrected chi connectivity index (χ2v) is 37.5. The van der Waals surface area contributed by atoms with Gasteiger partial charge in [-0.3, -0.25) is 47.9 Å². The third-order valence-electron chi connectivity index (χ3n) is 28.5. The van der Waals surface area contributed by atoms with Gasteiger partial charge in [0.15, 0.2) is 35.0 Å². The number of unbranched alkanes of at least 4 members (excludes halogenated alkanes) is 2. The Kier molecular flexibility index (Phi) is 30.4. The first-order valence-electron chi connectivity index (χ1n) is 45.5. The number of aliphatic hydroxyl groups is 4. The Morgan fingerprint density at radius 1 is 0.474 bits per heavy atom. The number of aliphatic hydroxyl groups excluding tert-OH is 2. The number of carbonyl (C=O) groups excluding carboxylic acids is 15. The number of hydrogen-bond acceptors (Lipinski definition) is 31. The highest BCUT2D eigenvalue weighted by Gasteiger charge is 2.81. The number of rotatable bonds is 30. The van der Waals surface area contributed by atoms with Gasteiger partial charge in [-0.25, -0.2) is 19.2 Å². The van der Waals surface area contributed by atoms with Gasteiger partial charge in [0.25, 0.3) is 11.8 Å². The molecule has 6 N–H and O–H groups in total. The van der Waals surface area contributed by atoms with Crippen molar-refractivity contribution in [2.45, 2.75) is 248 Å². The SMILES string of the molecule is C=CCCCC(=O)O[C@@H](C(=O)O[C@@H]1C=C2[C@@H](OC(C)=O)C(=O)[C@@]3(C)[C@H]([C@H](OC(=O)c4ccccc4)[C@](O)(C1)C2(C)C)[C@]1(OC(C)=O)CO[C@@H]1C[C@@H]3O)[C@@H](NC(=O)c1ccccc1)c1ccccc1.CC(=O)O[C@H]1C(=O)[C@@]2(C)[C@H]([C@H](OC(=O)c3ccccc3)[C@]3(O)C[C@H](OC(=O)[C@H](OC(=O)CCCC=O)[C@@H](NC(=O)c4ccccc4)c4ccccc4)C(C)=C1C3(C)C)[C@]1(OC(C)=O)CO[C@@H]1C[C@@H]2O. The van der Waals surface area contributed by atoms with Crippen LogP contribution < -0.4 is 10.6 Å². The van der Waals surface area contributed by atoms with E-state index in [0.29, 0.717) is 30.3 Å². The van der Waals surface area contributed by atoms with Crippen molar-refractivity contribution < 1.29 is 149 Å². The van der Waals surface area contributed by atoms with Crippen molar-refractivity contribution >= 4 is 89.4 Å². The molecule has 0 unspecified atom stereocenters. The third-order valence-corrected chi connectivity index (χ3v) is 28.5. The molecule has 4 saturated carbocycles. The number of Topliss-reactive ketones (excluding diaryl/α,β-unsaturated/α-hetero) is 2. The average molecular weight is 1890 g/mol. The molecule has 726 valence electrons. The first-order chi connectivity index (χ1) is 65.0. The van der Waals surface area contributed by atoms with E-state index in [1.807, 2.05) is 0 Å². The van der Waals surface area contributed by atoms with Crippen molar-refractivity contribution in [3.8, 4) is 0 Å². The highest BCUT2D eigenvalue weighted by atomic mass is 16.7. The molecule has 4 bridgehead atoms. The molecule has 2 saturated heterocycles. The summed E-state index contributed by atoms with van der Waals surface area (Å²) in [5.74, 6) is -15.7. The minimum absolute atomic E-state index is 0.0151. The van der Waals surface area contributed by atoms with Gasteiger partial charge in [0.05, 0.1) is 59.2 Å². The molecule has 6 aliphatic carbocycles. The third kappa shape index (κ3) is 19.6. The molecule has 2 aliphatic heterocycles. The molecule has 33 heteroatoms. The zero-order chi connectivity index (χ0) is 99.2. The van der Waals surface area contributed by atoms with Gasteiger partial charge in [-0.15, -0.1) is 6.58 Å². The molecule has 8 aliphatic rings.